The van der Waals surface area contributed by atoms with Crippen LogP contribution in [0.3, 0.4) is 0 Å². The Morgan fingerprint density at radius 3 is 2.82 bits per heavy atom. The summed E-state index contributed by atoms with van der Waals surface area (Å²) in [5.74, 6) is -0.943. The van der Waals surface area contributed by atoms with E-state index in [1.807, 2.05) is 25.1 Å². The lowest BCUT2D eigenvalue weighted by Gasteiger charge is -2.37. The first-order chi connectivity index (χ1) is 10.7. The van der Waals surface area contributed by atoms with E-state index < -0.39 is 11.6 Å². The summed E-state index contributed by atoms with van der Waals surface area (Å²) in [6.07, 6.45) is 3.07. The normalized spacial score (nSPS) is 17.5. The van der Waals surface area contributed by atoms with Gasteiger partial charge in [-0.15, -0.1) is 0 Å². The van der Waals surface area contributed by atoms with Crippen molar-refractivity contribution in [1.82, 2.24) is 4.98 Å². The van der Waals surface area contributed by atoms with E-state index in [4.69, 9.17) is 9.47 Å². The van der Waals surface area contributed by atoms with Crippen LogP contribution in [0.4, 0.5) is 0 Å². The lowest BCUT2D eigenvalue weighted by atomic mass is 9.85. The van der Waals surface area contributed by atoms with Gasteiger partial charge >= 0.3 is 5.97 Å². The van der Waals surface area contributed by atoms with Gasteiger partial charge in [0.1, 0.15) is 0 Å². The zero-order valence-corrected chi connectivity index (χ0v) is 12.5. The molecule has 3 rings (SSSR count). The topological polar surface area (TPSA) is 68.7 Å². The molecule has 0 radical (unpaired) electrons. The van der Waals surface area contributed by atoms with E-state index in [0.29, 0.717) is 30.7 Å². The third-order valence-corrected chi connectivity index (χ3v) is 4.22. The minimum Gasteiger partial charge on any atom is -0.478 e. The van der Waals surface area contributed by atoms with Gasteiger partial charge < -0.3 is 14.6 Å². The van der Waals surface area contributed by atoms with Crippen LogP contribution in [0.5, 0.6) is 0 Å². The number of ether oxygens (including phenoxy) is 2. The Kier molecular flexibility index (Phi) is 4.09. The standard InChI is InChI=1S/C17H19NO4/c1-2-22-17(6-9-21-10-7-17)12-3-4-15-14(11-12)13(16(19)20)5-8-18-15/h3-5,8,11H,2,6-7,9-10H2,1H3,(H,19,20). The van der Waals surface area contributed by atoms with E-state index in [-0.39, 0.29) is 5.56 Å². The monoisotopic (exact) mass is 301 g/mol. The molecule has 1 aliphatic heterocycles. The molecule has 5 heteroatoms. The zero-order valence-electron chi connectivity index (χ0n) is 12.5. The molecule has 0 bridgehead atoms. The van der Waals surface area contributed by atoms with Crippen molar-refractivity contribution in [3.05, 3.63) is 41.6 Å². The lowest BCUT2D eigenvalue weighted by molar-refractivity contribution is -0.112. The molecule has 0 amide bonds. The predicted molar refractivity (Wildman–Crippen MR) is 82.1 cm³/mol. The van der Waals surface area contributed by atoms with Gasteiger partial charge in [0.2, 0.25) is 0 Å². The number of carboxylic acid groups (broad SMARTS) is 1. The van der Waals surface area contributed by atoms with Crippen LogP contribution in [0.1, 0.15) is 35.7 Å². The molecule has 2 heterocycles. The summed E-state index contributed by atoms with van der Waals surface area (Å²) in [6.45, 7) is 3.88. The first kappa shape index (κ1) is 14.9. The van der Waals surface area contributed by atoms with Crippen molar-refractivity contribution in [3.8, 4) is 0 Å². The largest absolute Gasteiger partial charge is 0.478 e. The summed E-state index contributed by atoms with van der Waals surface area (Å²) in [7, 11) is 0. The maximum Gasteiger partial charge on any atom is 0.336 e. The number of benzene rings is 1. The van der Waals surface area contributed by atoms with E-state index in [0.717, 1.165) is 18.4 Å². The van der Waals surface area contributed by atoms with Crippen LogP contribution < -0.4 is 0 Å². The Labute approximate surface area is 128 Å². The minimum atomic E-state index is -0.943. The van der Waals surface area contributed by atoms with E-state index in [2.05, 4.69) is 4.98 Å². The van der Waals surface area contributed by atoms with Crippen molar-refractivity contribution in [3.63, 3.8) is 0 Å². The molecule has 1 fully saturated rings. The summed E-state index contributed by atoms with van der Waals surface area (Å²) < 4.78 is 11.5. The number of carboxylic acids is 1. The second-order valence-electron chi connectivity index (χ2n) is 5.44. The Morgan fingerprint density at radius 1 is 1.36 bits per heavy atom. The quantitative estimate of drug-likeness (QED) is 0.940. The van der Waals surface area contributed by atoms with Gasteiger partial charge in [-0.25, -0.2) is 4.79 Å². The second kappa shape index (κ2) is 6.02. The highest BCUT2D eigenvalue weighted by Crippen LogP contribution is 2.37. The predicted octanol–water partition coefficient (Wildman–Crippen LogP) is 2.98. The number of hydrogen-bond donors (Lipinski definition) is 1. The molecule has 0 unspecified atom stereocenters. The summed E-state index contributed by atoms with van der Waals surface area (Å²) in [5, 5.41) is 10.0. The number of hydrogen-bond acceptors (Lipinski definition) is 4. The second-order valence-corrected chi connectivity index (χ2v) is 5.44. The summed E-state index contributed by atoms with van der Waals surface area (Å²) in [5.41, 5.74) is 1.56. The molecular weight excluding hydrogens is 282 g/mol. The van der Waals surface area contributed by atoms with E-state index in [9.17, 15) is 9.90 Å². The van der Waals surface area contributed by atoms with Crippen molar-refractivity contribution >= 4 is 16.9 Å². The number of rotatable bonds is 4. The van der Waals surface area contributed by atoms with E-state index >= 15 is 0 Å². The fourth-order valence-electron chi connectivity index (χ4n) is 3.11. The fraction of sp³-hybridized carbons (Fsp3) is 0.412. The molecule has 2 aromatic rings. The molecule has 0 spiro atoms. The first-order valence-corrected chi connectivity index (χ1v) is 7.50. The zero-order chi connectivity index (χ0) is 15.6. The summed E-state index contributed by atoms with van der Waals surface area (Å²) >= 11 is 0. The number of aromatic nitrogens is 1. The molecule has 1 aromatic carbocycles. The Hall–Kier alpha value is -1.98. The number of fused-ring (bicyclic) bond motifs is 1. The Morgan fingerprint density at radius 2 is 2.14 bits per heavy atom. The minimum absolute atomic E-state index is 0.269. The Balaban J connectivity index is 2.13. The van der Waals surface area contributed by atoms with Crippen molar-refractivity contribution in [2.45, 2.75) is 25.4 Å². The van der Waals surface area contributed by atoms with Crippen molar-refractivity contribution in [2.75, 3.05) is 19.8 Å². The van der Waals surface area contributed by atoms with E-state index in [1.165, 1.54) is 12.3 Å². The van der Waals surface area contributed by atoms with Gasteiger partial charge in [-0.3, -0.25) is 4.98 Å². The summed E-state index contributed by atoms with van der Waals surface area (Å²) in [6, 6.07) is 7.30. The smallest absolute Gasteiger partial charge is 0.336 e. The van der Waals surface area contributed by atoms with Gasteiger partial charge in [-0.1, -0.05) is 6.07 Å². The molecule has 0 atom stereocenters. The first-order valence-electron chi connectivity index (χ1n) is 7.50. The van der Waals surface area contributed by atoms with Crippen LogP contribution in [-0.2, 0) is 15.1 Å². The summed E-state index contributed by atoms with van der Waals surface area (Å²) in [4.78, 5) is 15.7. The average Bonchev–Trinajstić information content (AvgIpc) is 2.55. The van der Waals surface area contributed by atoms with Gasteiger partial charge in [0.15, 0.2) is 0 Å². The van der Waals surface area contributed by atoms with E-state index in [1.54, 1.807) is 0 Å². The lowest BCUT2D eigenvalue weighted by Crippen LogP contribution is -2.36. The maximum atomic E-state index is 11.4. The molecule has 116 valence electrons. The maximum absolute atomic E-state index is 11.4. The molecule has 1 aliphatic rings. The number of aromatic carboxylic acids is 1. The van der Waals surface area contributed by atoms with Gasteiger partial charge in [0.25, 0.3) is 0 Å². The van der Waals surface area contributed by atoms with Crippen molar-refractivity contribution < 1.29 is 19.4 Å². The highest BCUT2D eigenvalue weighted by molar-refractivity contribution is 6.02. The average molecular weight is 301 g/mol. The van der Waals surface area contributed by atoms with Crippen LogP contribution >= 0.6 is 0 Å². The molecule has 1 aromatic heterocycles. The number of nitrogens with zero attached hydrogens (tertiary/aromatic N) is 1. The van der Waals surface area contributed by atoms with Crippen LogP contribution in [0.25, 0.3) is 10.9 Å². The molecular formula is C17H19NO4. The third-order valence-electron chi connectivity index (χ3n) is 4.22. The van der Waals surface area contributed by atoms with Crippen molar-refractivity contribution in [1.29, 1.82) is 0 Å². The van der Waals surface area contributed by atoms with Gasteiger partial charge in [0, 0.05) is 44.2 Å². The fourth-order valence-corrected chi connectivity index (χ4v) is 3.11. The van der Waals surface area contributed by atoms with Gasteiger partial charge in [0.05, 0.1) is 16.7 Å². The van der Waals surface area contributed by atoms with Crippen molar-refractivity contribution in [2.24, 2.45) is 0 Å². The molecule has 1 N–H and O–H groups in total. The number of carbonyl (C=O) groups is 1. The molecule has 5 nitrogen and oxygen atoms in total. The van der Waals surface area contributed by atoms with Crippen LogP contribution in [-0.4, -0.2) is 35.9 Å². The molecule has 0 aliphatic carbocycles. The van der Waals surface area contributed by atoms with Gasteiger partial charge in [-0.2, -0.15) is 0 Å². The Bertz CT molecular complexity index is 687. The highest BCUT2D eigenvalue weighted by Gasteiger charge is 2.35. The van der Waals surface area contributed by atoms with Crippen LogP contribution in [0.15, 0.2) is 30.5 Å². The van der Waals surface area contributed by atoms with Gasteiger partial charge in [-0.05, 0) is 30.7 Å². The number of pyridine rings is 1. The molecule has 1 saturated heterocycles. The molecule has 0 saturated carbocycles. The van der Waals surface area contributed by atoms with Crippen LogP contribution in [0.2, 0.25) is 0 Å². The SMILES string of the molecule is CCOC1(c2ccc3nccc(C(=O)O)c3c2)CCOCC1. The molecule has 22 heavy (non-hydrogen) atoms. The third kappa shape index (κ3) is 2.58. The highest BCUT2D eigenvalue weighted by atomic mass is 16.5. The van der Waals surface area contributed by atoms with Crippen LogP contribution in [0, 0.1) is 0 Å².